The quantitative estimate of drug-likeness (QED) is 0.760. The number of rotatable bonds is 6. The van der Waals surface area contributed by atoms with Crippen LogP contribution in [0.3, 0.4) is 0 Å². The van der Waals surface area contributed by atoms with Crippen molar-refractivity contribution >= 4 is 12.0 Å². The third kappa shape index (κ3) is 3.74. The number of amides is 2. The van der Waals surface area contributed by atoms with Crippen molar-refractivity contribution in [2.75, 3.05) is 13.1 Å². The molecule has 2 fully saturated rings. The highest BCUT2D eigenvalue weighted by Crippen LogP contribution is 2.30. The smallest absolute Gasteiger partial charge is 0.320 e. The Morgan fingerprint density at radius 3 is 2.65 bits per heavy atom. The van der Waals surface area contributed by atoms with Gasteiger partial charge in [0.1, 0.15) is 0 Å². The molecule has 0 spiro atoms. The zero-order valence-corrected chi connectivity index (χ0v) is 12.0. The molecule has 5 nitrogen and oxygen atoms in total. The Bertz CT molecular complexity index is 379. The van der Waals surface area contributed by atoms with Gasteiger partial charge in [-0.15, -0.1) is 6.58 Å². The van der Waals surface area contributed by atoms with Crippen LogP contribution in [0.1, 0.15) is 44.9 Å². The molecule has 2 rings (SSSR count). The van der Waals surface area contributed by atoms with Gasteiger partial charge in [0.05, 0.1) is 0 Å². The third-order valence-electron chi connectivity index (χ3n) is 4.12. The monoisotopic (exact) mass is 280 g/mol. The van der Waals surface area contributed by atoms with E-state index in [2.05, 4.69) is 6.58 Å². The van der Waals surface area contributed by atoms with E-state index in [0.717, 1.165) is 38.6 Å². The molecule has 1 saturated heterocycles. The summed E-state index contributed by atoms with van der Waals surface area (Å²) in [6, 6.07) is 0.517. The van der Waals surface area contributed by atoms with Crippen LogP contribution in [-0.2, 0) is 4.79 Å². The molecule has 0 aromatic rings. The molecule has 1 unspecified atom stereocenters. The van der Waals surface area contributed by atoms with Gasteiger partial charge in [-0.1, -0.05) is 6.08 Å². The van der Waals surface area contributed by atoms with Crippen molar-refractivity contribution in [2.45, 2.75) is 57.0 Å². The highest BCUT2D eigenvalue weighted by molar-refractivity contribution is 5.76. The SMILES string of the molecule is C=CCN(C(=O)N1CCCCC1CCC(=O)O)C1CC1. The number of hydrogen-bond acceptors (Lipinski definition) is 2. The Hall–Kier alpha value is -1.52. The van der Waals surface area contributed by atoms with Crippen molar-refractivity contribution in [3.05, 3.63) is 12.7 Å². The van der Waals surface area contributed by atoms with Gasteiger partial charge in [-0.05, 0) is 38.5 Å². The van der Waals surface area contributed by atoms with Gasteiger partial charge in [-0.25, -0.2) is 4.79 Å². The lowest BCUT2D eigenvalue weighted by atomic mass is 9.98. The molecule has 5 heteroatoms. The van der Waals surface area contributed by atoms with Crippen LogP contribution in [0.25, 0.3) is 0 Å². The van der Waals surface area contributed by atoms with E-state index in [1.807, 2.05) is 9.80 Å². The number of carbonyl (C=O) groups excluding carboxylic acids is 1. The van der Waals surface area contributed by atoms with E-state index in [-0.39, 0.29) is 18.5 Å². The number of nitrogens with zero attached hydrogens (tertiary/aromatic N) is 2. The van der Waals surface area contributed by atoms with Gasteiger partial charge in [0.15, 0.2) is 0 Å². The molecule has 1 heterocycles. The number of carboxylic acid groups (broad SMARTS) is 1. The van der Waals surface area contributed by atoms with Crippen LogP contribution < -0.4 is 0 Å². The fourth-order valence-corrected chi connectivity index (χ4v) is 2.92. The second-order valence-corrected chi connectivity index (χ2v) is 5.73. The minimum atomic E-state index is -0.784. The molecule has 1 atom stereocenters. The molecular formula is C15H24N2O3. The molecule has 1 saturated carbocycles. The normalized spacial score (nSPS) is 22.4. The highest BCUT2D eigenvalue weighted by atomic mass is 16.4. The lowest BCUT2D eigenvalue weighted by molar-refractivity contribution is -0.137. The Morgan fingerprint density at radius 2 is 2.05 bits per heavy atom. The summed E-state index contributed by atoms with van der Waals surface area (Å²) in [4.78, 5) is 27.2. The summed E-state index contributed by atoms with van der Waals surface area (Å²) < 4.78 is 0. The Balaban J connectivity index is 1.99. The van der Waals surface area contributed by atoms with Crippen LogP contribution >= 0.6 is 0 Å². The lowest BCUT2D eigenvalue weighted by Crippen LogP contribution is -2.51. The molecule has 0 aromatic heterocycles. The molecule has 20 heavy (non-hydrogen) atoms. The fourth-order valence-electron chi connectivity index (χ4n) is 2.92. The van der Waals surface area contributed by atoms with Crippen LogP contribution in [-0.4, -0.2) is 52.1 Å². The highest BCUT2D eigenvalue weighted by Gasteiger charge is 2.37. The number of likely N-dealkylation sites (tertiary alicyclic amines) is 1. The van der Waals surface area contributed by atoms with E-state index in [1.54, 1.807) is 6.08 Å². The van der Waals surface area contributed by atoms with Gasteiger partial charge in [0, 0.05) is 31.6 Å². The van der Waals surface area contributed by atoms with E-state index in [1.165, 1.54) is 0 Å². The van der Waals surface area contributed by atoms with Crippen LogP contribution in [0.15, 0.2) is 12.7 Å². The fraction of sp³-hybridized carbons (Fsp3) is 0.733. The molecular weight excluding hydrogens is 256 g/mol. The predicted octanol–water partition coefficient (Wildman–Crippen LogP) is 2.48. The maximum Gasteiger partial charge on any atom is 0.320 e. The maximum absolute atomic E-state index is 12.7. The Morgan fingerprint density at radius 1 is 1.30 bits per heavy atom. The molecule has 112 valence electrons. The molecule has 0 aromatic carbocycles. The first-order valence-electron chi connectivity index (χ1n) is 7.53. The molecule has 0 radical (unpaired) electrons. The molecule has 1 aliphatic carbocycles. The first kappa shape index (κ1) is 14.9. The summed E-state index contributed by atoms with van der Waals surface area (Å²) in [5.41, 5.74) is 0. The summed E-state index contributed by atoms with van der Waals surface area (Å²) >= 11 is 0. The number of urea groups is 1. The molecule has 1 N–H and O–H groups in total. The Labute approximate surface area is 120 Å². The predicted molar refractivity (Wildman–Crippen MR) is 76.5 cm³/mol. The van der Waals surface area contributed by atoms with Gasteiger partial charge in [0.2, 0.25) is 0 Å². The van der Waals surface area contributed by atoms with E-state index >= 15 is 0 Å². The van der Waals surface area contributed by atoms with Gasteiger partial charge in [-0.3, -0.25) is 4.79 Å². The Kier molecular flexibility index (Phi) is 5.04. The summed E-state index contributed by atoms with van der Waals surface area (Å²) in [6.07, 6.45) is 7.65. The number of hydrogen-bond donors (Lipinski definition) is 1. The number of piperidine rings is 1. The van der Waals surface area contributed by atoms with Gasteiger partial charge in [-0.2, -0.15) is 0 Å². The van der Waals surface area contributed by atoms with E-state index in [0.29, 0.717) is 19.0 Å². The van der Waals surface area contributed by atoms with Crippen molar-refractivity contribution in [3.63, 3.8) is 0 Å². The van der Waals surface area contributed by atoms with Crippen LogP contribution in [0.2, 0.25) is 0 Å². The van der Waals surface area contributed by atoms with Crippen molar-refractivity contribution in [3.8, 4) is 0 Å². The van der Waals surface area contributed by atoms with Crippen molar-refractivity contribution in [1.29, 1.82) is 0 Å². The summed E-state index contributed by atoms with van der Waals surface area (Å²) in [7, 11) is 0. The first-order valence-corrected chi connectivity index (χ1v) is 7.53. The summed E-state index contributed by atoms with van der Waals surface area (Å²) in [5.74, 6) is -0.784. The molecule has 2 aliphatic rings. The van der Waals surface area contributed by atoms with Crippen LogP contribution in [0, 0.1) is 0 Å². The second-order valence-electron chi connectivity index (χ2n) is 5.73. The van der Waals surface area contributed by atoms with E-state index < -0.39 is 5.97 Å². The minimum absolute atomic E-state index is 0.0717. The molecule has 2 amide bonds. The minimum Gasteiger partial charge on any atom is -0.481 e. The molecule has 0 bridgehead atoms. The summed E-state index contributed by atoms with van der Waals surface area (Å²) in [6.45, 7) is 5.07. The summed E-state index contributed by atoms with van der Waals surface area (Å²) in [5, 5.41) is 8.83. The second kappa shape index (κ2) is 6.77. The van der Waals surface area contributed by atoms with Crippen LogP contribution in [0.4, 0.5) is 4.79 Å². The first-order chi connectivity index (χ1) is 9.63. The van der Waals surface area contributed by atoms with Crippen molar-refractivity contribution in [1.82, 2.24) is 9.80 Å². The average Bonchev–Trinajstić information content (AvgIpc) is 3.26. The topological polar surface area (TPSA) is 60.9 Å². The number of carbonyl (C=O) groups is 2. The zero-order chi connectivity index (χ0) is 14.5. The van der Waals surface area contributed by atoms with E-state index in [9.17, 15) is 9.59 Å². The number of aliphatic carboxylic acids is 1. The van der Waals surface area contributed by atoms with Gasteiger partial charge >= 0.3 is 12.0 Å². The van der Waals surface area contributed by atoms with Gasteiger partial charge < -0.3 is 14.9 Å². The third-order valence-corrected chi connectivity index (χ3v) is 4.12. The van der Waals surface area contributed by atoms with Crippen molar-refractivity contribution in [2.24, 2.45) is 0 Å². The van der Waals surface area contributed by atoms with Gasteiger partial charge in [0.25, 0.3) is 0 Å². The maximum atomic E-state index is 12.7. The van der Waals surface area contributed by atoms with E-state index in [4.69, 9.17) is 5.11 Å². The average molecular weight is 280 g/mol. The zero-order valence-electron chi connectivity index (χ0n) is 12.0. The lowest BCUT2D eigenvalue weighted by Gasteiger charge is -2.39. The van der Waals surface area contributed by atoms with Crippen LogP contribution in [0.5, 0.6) is 0 Å². The largest absolute Gasteiger partial charge is 0.481 e. The number of carboxylic acids is 1. The molecule has 1 aliphatic heterocycles. The van der Waals surface area contributed by atoms with Crippen molar-refractivity contribution < 1.29 is 14.7 Å². The standard InChI is InChI=1S/C15H24N2O3/c1-2-10-16(13-6-7-13)15(20)17-11-4-3-5-12(17)8-9-14(18)19/h2,12-13H,1,3-11H2,(H,18,19).